The number of rotatable bonds is 9. The fourth-order valence-corrected chi connectivity index (χ4v) is 5.33. The number of hydrogen-bond acceptors (Lipinski definition) is 9. The first-order valence-corrected chi connectivity index (χ1v) is 16.3. The normalized spacial score (nSPS) is 14.4. The van der Waals surface area contributed by atoms with E-state index in [4.69, 9.17) is 4.98 Å². The minimum absolute atomic E-state index is 0.0794. The molecule has 0 unspecified atom stereocenters. The zero-order chi connectivity index (χ0) is 35.3. The third kappa shape index (κ3) is 12.1. The zero-order valence-electron chi connectivity index (χ0n) is 28.1. The third-order valence-electron chi connectivity index (χ3n) is 7.58. The van der Waals surface area contributed by atoms with Gasteiger partial charge in [-0.25, -0.2) is 19.6 Å². The van der Waals surface area contributed by atoms with Crippen LogP contribution >= 0.6 is 0 Å². The highest BCUT2D eigenvalue weighted by Crippen LogP contribution is 2.15. The van der Waals surface area contributed by atoms with Crippen LogP contribution in [0, 0.1) is 29.6 Å². The van der Waals surface area contributed by atoms with Crippen molar-refractivity contribution in [1.29, 1.82) is 0 Å². The van der Waals surface area contributed by atoms with Gasteiger partial charge in [0.2, 0.25) is 0 Å². The largest absolute Gasteiger partial charge is 0.480 e. The monoisotopic (exact) mass is 666 g/mol. The van der Waals surface area contributed by atoms with Crippen molar-refractivity contribution in [3.05, 3.63) is 87.8 Å². The van der Waals surface area contributed by atoms with Gasteiger partial charge in [-0.2, -0.15) is 0 Å². The van der Waals surface area contributed by atoms with Crippen molar-refractivity contribution in [3.8, 4) is 23.7 Å². The molecule has 0 radical (unpaired) electrons. The van der Waals surface area contributed by atoms with Crippen molar-refractivity contribution in [2.45, 2.75) is 59.8 Å². The van der Waals surface area contributed by atoms with Gasteiger partial charge in [0.05, 0.1) is 29.3 Å². The van der Waals surface area contributed by atoms with Gasteiger partial charge in [0, 0.05) is 76.3 Å². The van der Waals surface area contributed by atoms with E-state index in [9.17, 15) is 29.7 Å². The second kappa shape index (κ2) is 17.9. The van der Waals surface area contributed by atoms with Crippen molar-refractivity contribution in [2.75, 3.05) is 32.7 Å². The van der Waals surface area contributed by atoms with E-state index in [0.29, 0.717) is 93.6 Å². The van der Waals surface area contributed by atoms with Crippen LogP contribution in [0.1, 0.15) is 88.5 Å². The summed E-state index contributed by atoms with van der Waals surface area (Å²) in [7, 11) is 0. The van der Waals surface area contributed by atoms with Gasteiger partial charge in [-0.3, -0.25) is 24.5 Å². The number of carboxylic acids is 3. The number of fused-ring (bicyclic) bond motifs is 2. The van der Waals surface area contributed by atoms with Crippen LogP contribution in [-0.4, -0.2) is 95.6 Å². The van der Waals surface area contributed by atoms with E-state index in [1.807, 2.05) is 30.0 Å². The van der Waals surface area contributed by atoms with Gasteiger partial charge in [0.1, 0.15) is 11.4 Å². The standard InChI is InChI=1S/C37H42N6O6/c1-4-5-9-27-17-32(40-33(19-27)36(46)47)24-42-15-13-41(14-16-43(25-35(44)45)22-30-12-7-11-29(21-42)38-30)23-31-18-28(10-6-8-26(2)3)20-34(39-31)37(48)49/h7,11-12,17-20,26H,4,8,13-16,21-25H2,1-3H3,(H,44,45)(H,46,47)(H,48,49). The van der Waals surface area contributed by atoms with E-state index in [2.05, 4.69) is 57.3 Å². The summed E-state index contributed by atoms with van der Waals surface area (Å²) < 4.78 is 0. The molecule has 0 spiro atoms. The summed E-state index contributed by atoms with van der Waals surface area (Å²) in [5.74, 6) is 9.36. The van der Waals surface area contributed by atoms with E-state index in [1.54, 1.807) is 12.1 Å². The summed E-state index contributed by atoms with van der Waals surface area (Å²) >= 11 is 0. The Morgan fingerprint density at radius 3 is 1.78 bits per heavy atom. The van der Waals surface area contributed by atoms with E-state index < -0.39 is 17.9 Å². The topological polar surface area (TPSA) is 160 Å². The summed E-state index contributed by atoms with van der Waals surface area (Å²) in [6.07, 6.45) is 1.30. The zero-order valence-corrected chi connectivity index (χ0v) is 28.1. The lowest BCUT2D eigenvalue weighted by Crippen LogP contribution is -2.41. The van der Waals surface area contributed by atoms with Crippen molar-refractivity contribution in [3.63, 3.8) is 0 Å². The lowest BCUT2D eigenvalue weighted by molar-refractivity contribution is -0.138. The average Bonchev–Trinajstić information content (AvgIpc) is 3.04. The molecule has 49 heavy (non-hydrogen) atoms. The van der Waals surface area contributed by atoms with Crippen LogP contribution in [0.2, 0.25) is 0 Å². The number of hydrogen-bond donors (Lipinski definition) is 3. The van der Waals surface area contributed by atoms with Crippen LogP contribution in [0.3, 0.4) is 0 Å². The molecule has 4 rings (SSSR count). The second-order valence-corrected chi connectivity index (χ2v) is 12.3. The molecule has 4 heterocycles. The molecule has 0 aromatic carbocycles. The number of nitrogens with zero attached hydrogens (tertiary/aromatic N) is 6. The number of carbonyl (C=O) groups is 3. The van der Waals surface area contributed by atoms with Crippen LogP contribution in [0.15, 0.2) is 42.5 Å². The lowest BCUT2D eigenvalue weighted by atomic mass is 10.1. The Morgan fingerprint density at radius 2 is 1.24 bits per heavy atom. The number of pyridine rings is 3. The number of aromatic nitrogens is 3. The molecule has 256 valence electrons. The van der Waals surface area contributed by atoms with Crippen molar-refractivity contribution in [1.82, 2.24) is 29.7 Å². The Bertz CT molecular complexity index is 1790. The van der Waals surface area contributed by atoms with Gasteiger partial charge in [0.15, 0.2) is 0 Å². The Balaban J connectivity index is 1.68. The summed E-state index contributed by atoms with van der Waals surface area (Å²) in [6, 6.07) is 12.2. The molecule has 0 saturated heterocycles. The van der Waals surface area contributed by atoms with Gasteiger partial charge in [-0.1, -0.05) is 50.5 Å². The highest BCUT2D eigenvalue weighted by molar-refractivity contribution is 5.86. The Kier molecular flexibility index (Phi) is 13.4. The van der Waals surface area contributed by atoms with Crippen LogP contribution in [0.4, 0.5) is 0 Å². The van der Waals surface area contributed by atoms with Gasteiger partial charge in [0.25, 0.3) is 0 Å². The highest BCUT2D eigenvalue weighted by Gasteiger charge is 2.20. The molecule has 3 N–H and O–H groups in total. The van der Waals surface area contributed by atoms with Crippen LogP contribution in [0.25, 0.3) is 0 Å². The minimum Gasteiger partial charge on any atom is -0.480 e. The SMILES string of the molecule is CCC#Cc1cc(CN2CCN(Cc3cc(C#CCC(C)C)cc(C(=O)O)n3)CCN(CC(=O)O)Cc3cccc(n3)C2)nc(C(=O)O)c1. The van der Waals surface area contributed by atoms with Crippen LogP contribution in [0.5, 0.6) is 0 Å². The van der Waals surface area contributed by atoms with Gasteiger partial charge in [-0.05, 0) is 42.3 Å². The molecular formula is C37H42N6O6. The lowest BCUT2D eigenvalue weighted by Gasteiger charge is -2.30. The predicted molar refractivity (Wildman–Crippen MR) is 182 cm³/mol. The molecule has 2 bridgehead atoms. The summed E-state index contributed by atoms with van der Waals surface area (Å²) in [6.45, 7) is 9.19. The van der Waals surface area contributed by atoms with Crippen molar-refractivity contribution < 1.29 is 29.7 Å². The van der Waals surface area contributed by atoms with Gasteiger partial charge in [-0.15, -0.1) is 0 Å². The number of aromatic carboxylic acids is 2. The van der Waals surface area contributed by atoms with Gasteiger partial charge < -0.3 is 15.3 Å². The summed E-state index contributed by atoms with van der Waals surface area (Å²) in [5, 5.41) is 29.2. The van der Waals surface area contributed by atoms with E-state index >= 15 is 0 Å². The van der Waals surface area contributed by atoms with E-state index in [-0.39, 0.29) is 17.9 Å². The molecule has 3 aromatic heterocycles. The molecule has 1 aliphatic rings. The first-order chi connectivity index (χ1) is 23.5. The first kappa shape index (κ1) is 36.7. The highest BCUT2D eigenvalue weighted by atomic mass is 16.4. The van der Waals surface area contributed by atoms with Gasteiger partial charge >= 0.3 is 17.9 Å². The maximum absolute atomic E-state index is 12.0. The third-order valence-corrected chi connectivity index (χ3v) is 7.58. The minimum atomic E-state index is -1.14. The summed E-state index contributed by atoms with van der Waals surface area (Å²) in [5.41, 5.74) is 3.59. The fourth-order valence-electron chi connectivity index (χ4n) is 5.33. The molecule has 12 heteroatoms. The quantitative estimate of drug-likeness (QED) is 0.284. The molecule has 3 aromatic rings. The Labute approximate surface area is 286 Å². The van der Waals surface area contributed by atoms with Crippen molar-refractivity contribution in [2.24, 2.45) is 5.92 Å². The Morgan fingerprint density at radius 1 is 0.735 bits per heavy atom. The average molecular weight is 667 g/mol. The predicted octanol–water partition coefficient (Wildman–Crippen LogP) is 3.83. The Hall–Kier alpha value is -5.14. The maximum atomic E-state index is 12.0. The molecule has 0 fully saturated rings. The molecule has 0 amide bonds. The number of aliphatic carboxylic acids is 1. The number of carboxylic acid groups (broad SMARTS) is 3. The van der Waals surface area contributed by atoms with Crippen molar-refractivity contribution >= 4 is 17.9 Å². The molecule has 1 aliphatic heterocycles. The molecule has 12 nitrogen and oxygen atoms in total. The van der Waals surface area contributed by atoms with E-state index in [0.717, 1.165) is 11.4 Å². The first-order valence-electron chi connectivity index (χ1n) is 16.3. The van der Waals surface area contributed by atoms with E-state index in [1.165, 1.54) is 12.1 Å². The second-order valence-electron chi connectivity index (χ2n) is 12.3. The molecular weight excluding hydrogens is 624 g/mol. The fraction of sp³-hybridized carbons (Fsp3) is 0.405. The molecule has 0 atom stereocenters. The summed E-state index contributed by atoms with van der Waals surface area (Å²) in [4.78, 5) is 55.3. The molecule has 0 aliphatic carbocycles. The maximum Gasteiger partial charge on any atom is 0.354 e. The van der Waals surface area contributed by atoms with Crippen LogP contribution in [-0.2, 0) is 31.0 Å². The molecule has 0 saturated carbocycles. The van der Waals surface area contributed by atoms with Crippen LogP contribution < -0.4 is 0 Å². The smallest absolute Gasteiger partial charge is 0.354 e.